The van der Waals surface area contributed by atoms with Crippen LogP contribution in [0.2, 0.25) is 0 Å². The standard InChI is InChI=1S/C22H21FN2O4S/c1-15-13-18(11-12-20(15)23)30(28,29)24-21-6-4-3-5-19(21)22(27)25(2)14-16-7-9-17(26)10-8-16/h3-13,24,26H,14H2,1-2H3. The molecule has 0 fully saturated rings. The molecule has 0 radical (unpaired) electrons. The smallest absolute Gasteiger partial charge is 0.261 e. The quantitative estimate of drug-likeness (QED) is 0.623. The molecule has 3 aromatic rings. The van der Waals surface area contributed by atoms with Crippen molar-refractivity contribution in [3.63, 3.8) is 0 Å². The van der Waals surface area contributed by atoms with E-state index in [2.05, 4.69) is 4.72 Å². The second-order valence-electron chi connectivity index (χ2n) is 6.89. The van der Waals surface area contributed by atoms with Crippen LogP contribution in [0.4, 0.5) is 10.1 Å². The number of phenols is 1. The first-order chi connectivity index (χ1) is 14.2. The molecule has 0 saturated carbocycles. The van der Waals surface area contributed by atoms with Gasteiger partial charge in [-0.05, 0) is 60.5 Å². The lowest BCUT2D eigenvalue weighted by Gasteiger charge is -2.20. The van der Waals surface area contributed by atoms with E-state index >= 15 is 0 Å². The zero-order valence-electron chi connectivity index (χ0n) is 16.5. The van der Waals surface area contributed by atoms with Crippen molar-refractivity contribution >= 4 is 21.6 Å². The lowest BCUT2D eigenvalue weighted by molar-refractivity contribution is 0.0786. The molecule has 0 saturated heterocycles. The number of rotatable bonds is 6. The zero-order valence-corrected chi connectivity index (χ0v) is 17.3. The molecule has 3 rings (SSSR count). The number of nitrogens with one attached hydrogen (secondary N) is 1. The molecule has 0 aliphatic heterocycles. The summed E-state index contributed by atoms with van der Waals surface area (Å²) >= 11 is 0. The molecule has 156 valence electrons. The molecule has 2 N–H and O–H groups in total. The number of aromatic hydroxyl groups is 1. The van der Waals surface area contributed by atoms with Crippen molar-refractivity contribution < 1.29 is 22.7 Å². The Hall–Kier alpha value is -3.39. The number of nitrogens with zero attached hydrogens (tertiary/aromatic N) is 1. The summed E-state index contributed by atoms with van der Waals surface area (Å²) in [6.45, 7) is 1.75. The monoisotopic (exact) mass is 428 g/mol. The van der Waals surface area contributed by atoms with Crippen molar-refractivity contribution in [1.82, 2.24) is 4.90 Å². The number of anilines is 1. The van der Waals surface area contributed by atoms with Crippen molar-refractivity contribution in [2.45, 2.75) is 18.4 Å². The van der Waals surface area contributed by atoms with E-state index in [0.29, 0.717) is 0 Å². The molecule has 8 heteroatoms. The Morgan fingerprint density at radius 3 is 2.40 bits per heavy atom. The largest absolute Gasteiger partial charge is 0.508 e. The summed E-state index contributed by atoms with van der Waals surface area (Å²) in [4.78, 5) is 14.3. The van der Waals surface area contributed by atoms with Crippen LogP contribution in [-0.4, -0.2) is 31.4 Å². The maximum absolute atomic E-state index is 13.5. The van der Waals surface area contributed by atoms with E-state index in [-0.39, 0.29) is 39.9 Å². The number of carbonyl (C=O) groups is 1. The molecule has 0 atom stereocenters. The number of para-hydroxylation sites is 1. The maximum Gasteiger partial charge on any atom is 0.261 e. The minimum absolute atomic E-state index is 0.0962. The van der Waals surface area contributed by atoms with E-state index in [1.165, 1.54) is 48.2 Å². The molecule has 3 aromatic carbocycles. The van der Waals surface area contributed by atoms with Crippen molar-refractivity contribution in [1.29, 1.82) is 0 Å². The Bertz CT molecular complexity index is 1180. The minimum atomic E-state index is -4.01. The second kappa shape index (κ2) is 8.54. The minimum Gasteiger partial charge on any atom is -0.508 e. The van der Waals surface area contributed by atoms with Crippen LogP contribution in [0.1, 0.15) is 21.5 Å². The fourth-order valence-electron chi connectivity index (χ4n) is 2.90. The van der Waals surface area contributed by atoms with Crippen molar-refractivity contribution in [3.05, 3.63) is 89.2 Å². The third-order valence-electron chi connectivity index (χ3n) is 4.54. The Morgan fingerprint density at radius 1 is 1.07 bits per heavy atom. The van der Waals surface area contributed by atoms with E-state index in [1.807, 2.05) is 0 Å². The Kier molecular flexibility index (Phi) is 6.07. The number of carbonyl (C=O) groups excluding carboxylic acids is 1. The van der Waals surface area contributed by atoms with Gasteiger partial charge in [0.05, 0.1) is 16.1 Å². The highest BCUT2D eigenvalue weighted by Crippen LogP contribution is 2.23. The van der Waals surface area contributed by atoms with E-state index < -0.39 is 15.8 Å². The summed E-state index contributed by atoms with van der Waals surface area (Å²) in [7, 11) is -2.41. The van der Waals surface area contributed by atoms with Crippen LogP contribution in [0.5, 0.6) is 5.75 Å². The van der Waals surface area contributed by atoms with Crippen LogP contribution in [0.15, 0.2) is 71.6 Å². The summed E-state index contributed by atoms with van der Waals surface area (Å²) in [5.41, 5.74) is 1.32. The summed E-state index contributed by atoms with van der Waals surface area (Å²) in [6, 6.07) is 16.2. The summed E-state index contributed by atoms with van der Waals surface area (Å²) < 4.78 is 41.4. The molecule has 0 aliphatic carbocycles. The van der Waals surface area contributed by atoms with Gasteiger partial charge in [0.15, 0.2) is 0 Å². The van der Waals surface area contributed by atoms with Crippen LogP contribution in [-0.2, 0) is 16.6 Å². The molecule has 30 heavy (non-hydrogen) atoms. The molecule has 0 spiro atoms. The van der Waals surface area contributed by atoms with Gasteiger partial charge in [0.2, 0.25) is 0 Å². The molecular formula is C22H21FN2O4S. The van der Waals surface area contributed by atoms with E-state index in [1.54, 1.807) is 31.3 Å². The average molecular weight is 428 g/mol. The fraction of sp³-hybridized carbons (Fsp3) is 0.136. The first-order valence-corrected chi connectivity index (χ1v) is 10.6. The molecule has 0 aliphatic rings. The second-order valence-corrected chi connectivity index (χ2v) is 8.57. The number of hydrogen-bond acceptors (Lipinski definition) is 4. The average Bonchev–Trinajstić information content (AvgIpc) is 2.71. The number of hydrogen-bond donors (Lipinski definition) is 2. The van der Waals surface area contributed by atoms with Gasteiger partial charge in [-0.15, -0.1) is 0 Å². The number of sulfonamides is 1. The van der Waals surface area contributed by atoms with Crippen LogP contribution < -0.4 is 4.72 Å². The first-order valence-electron chi connectivity index (χ1n) is 9.09. The van der Waals surface area contributed by atoms with Gasteiger partial charge < -0.3 is 10.0 Å². The lowest BCUT2D eigenvalue weighted by Crippen LogP contribution is -2.27. The highest BCUT2D eigenvalue weighted by atomic mass is 32.2. The first kappa shape index (κ1) is 21.3. The Balaban J connectivity index is 1.85. The number of aryl methyl sites for hydroxylation is 1. The summed E-state index contributed by atoms with van der Waals surface area (Å²) in [6.07, 6.45) is 0. The van der Waals surface area contributed by atoms with E-state index in [4.69, 9.17) is 0 Å². The van der Waals surface area contributed by atoms with Crippen LogP contribution in [0.3, 0.4) is 0 Å². The summed E-state index contributed by atoms with van der Waals surface area (Å²) in [5, 5.41) is 9.38. The van der Waals surface area contributed by atoms with Gasteiger partial charge in [-0.1, -0.05) is 24.3 Å². The maximum atomic E-state index is 13.5. The predicted molar refractivity (Wildman–Crippen MR) is 112 cm³/mol. The predicted octanol–water partition coefficient (Wildman–Crippen LogP) is 3.91. The normalized spacial score (nSPS) is 11.2. The van der Waals surface area contributed by atoms with Crippen LogP contribution in [0, 0.1) is 12.7 Å². The van der Waals surface area contributed by atoms with Gasteiger partial charge in [-0.2, -0.15) is 0 Å². The highest BCUT2D eigenvalue weighted by molar-refractivity contribution is 7.92. The number of benzene rings is 3. The topological polar surface area (TPSA) is 86.7 Å². The van der Waals surface area contributed by atoms with Crippen molar-refractivity contribution in [2.24, 2.45) is 0 Å². The van der Waals surface area contributed by atoms with Gasteiger partial charge >= 0.3 is 0 Å². The number of halogens is 1. The molecular weight excluding hydrogens is 407 g/mol. The molecule has 0 unspecified atom stereocenters. The SMILES string of the molecule is Cc1cc(S(=O)(=O)Nc2ccccc2C(=O)N(C)Cc2ccc(O)cc2)ccc1F. The van der Waals surface area contributed by atoms with Crippen molar-refractivity contribution in [3.8, 4) is 5.75 Å². The Morgan fingerprint density at radius 2 is 1.73 bits per heavy atom. The molecule has 0 heterocycles. The third-order valence-corrected chi connectivity index (χ3v) is 5.91. The molecule has 0 aromatic heterocycles. The van der Waals surface area contributed by atoms with Crippen molar-refractivity contribution in [2.75, 3.05) is 11.8 Å². The fourth-order valence-corrected chi connectivity index (χ4v) is 4.06. The lowest BCUT2D eigenvalue weighted by atomic mass is 10.1. The van der Waals surface area contributed by atoms with Gasteiger partial charge in [-0.25, -0.2) is 12.8 Å². The van der Waals surface area contributed by atoms with Gasteiger partial charge in [0.25, 0.3) is 15.9 Å². The van der Waals surface area contributed by atoms with E-state index in [9.17, 15) is 22.7 Å². The zero-order chi connectivity index (χ0) is 21.9. The van der Waals surface area contributed by atoms with Gasteiger partial charge in [0.1, 0.15) is 11.6 Å². The molecule has 6 nitrogen and oxygen atoms in total. The molecule has 0 bridgehead atoms. The van der Waals surface area contributed by atoms with Gasteiger partial charge in [0, 0.05) is 13.6 Å². The Labute approximate surface area is 174 Å². The van der Waals surface area contributed by atoms with Crippen LogP contribution >= 0.6 is 0 Å². The van der Waals surface area contributed by atoms with E-state index in [0.717, 1.165) is 11.6 Å². The van der Waals surface area contributed by atoms with Gasteiger partial charge in [-0.3, -0.25) is 9.52 Å². The number of phenolic OH excluding ortho intramolecular Hbond substituents is 1. The summed E-state index contributed by atoms with van der Waals surface area (Å²) in [5.74, 6) is -0.749. The third kappa shape index (κ3) is 4.77. The molecule has 1 amide bonds. The number of amides is 1. The van der Waals surface area contributed by atoms with Crippen LogP contribution in [0.25, 0.3) is 0 Å². The highest BCUT2D eigenvalue weighted by Gasteiger charge is 2.21.